The van der Waals surface area contributed by atoms with E-state index in [1.807, 2.05) is 0 Å². The molecule has 0 aromatic carbocycles. The molecule has 0 unspecified atom stereocenters. The fraction of sp³-hybridized carbons (Fsp3) is 0.800. The molecule has 2 aliphatic heterocycles. The minimum absolute atomic E-state index is 0.617. The second kappa shape index (κ2) is 13.9. The summed E-state index contributed by atoms with van der Waals surface area (Å²) in [6.45, 7) is 2.70. The van der Waals surface area contributed by atoms with E-state index in [4.69, 9.17) is 28.2 Å². The minimum Gasteiger partial charge on any atom is -0.457 e. The summed E-state index contributed by atoms with van der Waals surface area (Å²) in [5, 5.41) is 35.7. The molecule has 2 heterocycles. The van der Waals surface area contributed by atoms with Crippen molar-refractivity contribution >= 4 is 31.6 Å². The Kier molecular flexibility index (Phi) is 11.7. The Hall–Kier alpha value is -2.25. The standard InChI is InChI=1S/C20H33N2O16P/c1-7(24)21-13-17(34-9(3)26)15(28)12(36-19(13)29)6-33-20-14(22-8(2)25)18(35-10(4)27)16(11(5-23)37-20)38-39(30,31)32/h11-20,23,28-29H,5-6H2,1-4H3,(H,21,24)(H,22,25)(H2,30,31,32)/t11-,12-,13-,14-,15-,16-,17-,18-,19+,20-/m1/s1. The van der Waals surface area contributed by atoms with Gasteiger partial charge in [-0.3, -0.25) is 23.7 Å². The highest BCUT2D eigenvalue weighted by Gasteiger charge is 2.53. The van der Waals surface area contributed by atoms with Gasteiger partial charge < -0.3 is 59.4 Å². The minimum atomic E-state index is -5.22. The largest absolute Gasteiger partial charge is 0.470 e. The van der Waals surface area contributed by atoms with Crippen LogP contribution < -0.4 is 10.6 Å². The van der Waals surface area contributed by atoms with Crippen LogP contribution >= 0.6 is 7.82 Å². The lowest BCUT2D eigenvalue weighted by atomic mass is 9.95. The van der Waals surface area contributed by atoms with E-state index in [2.05, 4.69) is 10.6 Å². The Labute approximate surface area is 222 Å². The van der Waals surface area contributed by atoms with Crippen molar-refractivity contribution in [1.82, 2.24) is 10.6 Å². The first kappa shape index (κ1) is 33.0. The number of rotatable bonds is 10. The summed E-state index contributed by atoms with van der Waals surface area (Å²) in [6, 6.07) is -2.80. The Bertz CT molecular complexity index is 945. The lowest BCUT2D eigenvalue weighted by Crippen LogP contribution is -2.67. The molecule has 39 heavy (non-hydrogen) atoms. The Balaban J connectivity index is 2.32. The zero-order valence-electron chi connectivity index (χ0n) is 21.4. The van der Waals surface area contributed by atoms with Gasteiger partial charge in [0.15, 0.2) is 24.8 Å². The van der Waals surface area contributed by atoms with Crippen molar-refractivity contribution in [3.63, 3.8) is 0 Å². The Morgan fingerprint density at radius 3 is 1.85 bits per heavy atom. The predicted octanol–water partition coefficient (Wildman–Crippen LogP) is -3.85. The maximum atomic E-state index is 11.9. The average Bonchev–Trinajstić information content (AvgIpc) is 2.78. The van der Waals surface area contributed by atoms with Crippen molar-refractivity contribution < 1.29 is 77.1 Å². The van der Waals surface area contributed by atoms with E-state index in [0.29, 0.717) is 0 Å². The highest BCUT2D eigenvalue weighted by atomic mass is 31.2. The van der Waals surface area contributed by atoms with Gasteiger partial charge in [0, 0.05) is 27.7 Å². The van der Waals surface area contributed by atoms with Crippen LogP contribution in [-0.4, -0.2) is 123 Å². The van der Waals surface area contributed by atoms with Crippen LogP contribution in [-0.2, 0) is 52.0 Å². The van der Waals surface area contributed by atoms with Gasteiger partial charge in [0.25, 0.3) is 0 Å². The number of aliphatic hydroxyl groups excluding tert-OH is 3. The molecule has 19 heteroatoms. The number of nitrogens with one attached hydrogen (secondary N) is 2. The predicted molar refractivity (Wildman–Crippen MR) is 122 cm³/mol. The number of esters is 2. The number of carbonyl (C=O) groups is 4. The van der Waals surface area contributed by atoms with Crippen molar-refractivity contribution in [2.75, 3.05) is 13.2 Å². The third-order valence-corrected chi connectivity index (χ3v) is 6.06. The molecule has 0 bridgehead atoms. The summed E-state index contributed by atoms with van der Waals surface area (Å²) in [7, 11) is -5.22. The van der Waals surface area contributed by atoms with Crippen molar-refractivity contribution in [3.8, 4) is 0 Å². The van der Waals surface area contributed by atoms with Gasteiger partial charge in [-0.1, -0.05) is 0 Å². The number of phosphoric ester groups is 1. The monoisotopic (exact) mass is 588 g/mol. The molecule has 2 amide bonds. The quantitative estimate of drug-likeness (QED) is 0.0951. The lowest BCUT2D eigenvalue weighted by Gasteiger charge is -2.46. The molecule has 0 saturated carbocycles. The van der Waals surface area contributed by atoms with Crippen molar-refractivity contribution in [2.45, 2.75) is 89.0 Å². The first-order chi connectivity index (χ1) is 18.0. The van der Waals surface area contributed by atoms with E-state index in [1.165, 1.54) is 0 Å². The molecular weight excluding hydrogens is 555 g/mol. The van der Waals surface area contributed by atoms with E-state index < -0.39 is 106 Å². The molecule has 18 nitrogen and oxygen atoms in total. The normalized spacial score (nSPS) is 35.0. The molecule has 0 aromatic heterocycles. The molecule has 2 rings (SSSR count). The van der Waals surface area contributed by atoms with Crippen molar-refractivity contribution in [1.29, 1.82) is 0 Å². The molecule has 7 N–H and O–H groups in total. The van der Waals surface area contributed by atoms with Crippen LogP contribution in [0.5, 0.6) is 0 Å². The number of aliphatic hydroxyl groups is 3. The molecular formula is C20H33N2O16P. The van der Waals surface area contributed by atoms with Gasteiger partial charge in [-0.25, -0.2) is 4.57 Å². The fourth-order valence-corrected chi connectivity index (χ4v) is 4.75. The number of ether oxygens (including phenoxy) is 5. The van der Waals surface area contributed by atoms with E-state index in [-0.39, 0.29) is 0 Å². The summed E-state index contributed by atoms with van der Waals surface area (Å²) in [6.07, 6.45) is -12.9. The molecule has 0 aromatic rings. The summed E-state index contributed by atoms with van der Waals surface area (Å²) in [5.74, 6) is -3.09. The SMILES string of the molecule is CC(=O)N[C@@H]1[C@@H](OC(C)=O)[C@H](O)[C@@H](CO[C@@H]2O[C@H](CO)[C@@H](OP(=O)(O)O)[C@H](OC(C)=O)[C@H]2NC(C)=O)O[C@@H]1O. The lowest BCUT2D eigenvalue weighted by molar-refractivity contribution is -0.298. The maximum Gasteiger partial charge on any atom is 0.470 e. The number of hydrogen-bond acceptors (Lipinski definition) is 14. The van der Waals surface area contributed by atoms with Crippen LogP contribution in [0.25, 0.3) is 0 Å². The van der Waals surface area contributed by atoms with Crippen LogP contribution in [0.15, 0.2) is 0 Å². The molecule has 0 aliphatic carbocycles. The zero-order chi connectivity index (χ0) is 29.7. The van der Waals surface area contributed by atoms with E-state index >= 15 is 0 Å². The van der Waals surface area contributed by atoms with Crippen LogP contribution in [0.1, 0.15) is 27.7 Å². The van der Waals surface area contributed by atoms with Gasteiger partial charge in [0.2, 0.25) is 11.8 Å². The molecule has 2 fully saturated rings. The summed E-state index contributed by atoms with van der Waals surface area (Å²) in [4.78, 5) is 65.5. The topological polar surface area (TPSA) is 266 Å². The molecule has 10 atom stereocenters. The second-order valence-corrected chi connectivity index (χ2v) is 9.97. The van der Waals surface area contributed by atoms with E-state index in [1.54, 1.807) is 0 Å². The fourth-order valence-electron chi connectivity index (χ4n) is 4.18. The van der Waals surface area contributed by atoms with E-state index in [9.17, 15) is 48.8 Å². The number of hydrogen-bond donors (Lipinski definition) is 7. The summed E-state index contributed by atoms with van der Waals surface area (Å²) in [5.41, 5.74) is 0. The molecule has 2 aliphatic rings. The zero-order valence-corrected chi connectivity index (χ0v) is 22.3. The number of phosphoric acid groups is 1. The first-order valence-corrected chi connectivity index (χ1v) is 13.1. The third kappa shape index (κ3) is 9.42. The van der Waals surface area contributed by atoms with Crippen LogP contribution in [0.2, 0.25) is 0 Å². The molecule has 0 radical (unpaired) electrons. The van der Waals surface area contributed by atoms with Gasteiger partial charge in [0.1, 0.15) is 36.5 Å². The summed E-state index contributed by atoms with van der Waals surface area (Å²) < 4.78 is 43.0. The average molecular weight is 588 g/mol. The molecule has 224 valence electrons. The molecule has 2 saturated heterocycles. The van der Waals surface area contributed by atoms with Crippen molar-refractivity contribution in [2.24, 2.45) is 0 Å². The number of carbonyl (C=O) groups excluding carboxylic acids is 4. The molecule has 0 spiro atoms. The van der Waals surface area contributed by atoms with Gasteiger partial charge in [0.05, 0.1) is 13.2 Å². The van der Waals surface area contributed by atoms with Gasteiger partial charge in [-0.2, -0.15) is 0 Å². The van der Waals surface area contributed by atoms with Crippen LogP contribution in [0, 0.1) is 0 Å². The highest BCUT2D eigenvalue weighted by molar-refractivity contribution is 7.46. The van der Waals surface area contributed by atoms with Crippen molar-refractivity contribution in [3.05, 3.63) is 0 Å². The van der Waals surface area contributed by atoms with E-state index in [0.717, 1.165) is 27.7 Å². The maximum absolute atomic E-state index is 11.9. The van der Waals surface area contributed by atoms with Gasteiger partial charge >= 0.3 is 19.8 Å². The van der Waals surface area contributed by atoms with Gasteiger partial charge in [-0.15, -0.1) is 0 Å². The first-order valence-electron chi connectivity index (χ1n) is 11.6. The third-order valence-electron chi connectivity index (χ3n) is 5.55. The summed E-state index contributed by atoms with van der Waals surface area (Å²) >= 11 is 0. The highest BCUT2D eigenvalue weighted by Crippen LogP contribution is 2.42. The van der Waals surface area contributed by atoms with Crippen LogP contribution in [0.3, 0.4) is 0 Å². The van der Waals surface area contributed by atoms with Crippen LogP contribution in [0.4, 0.5) is 0 Å². The Morgan fingerprint density at radius 1 is 0.821 bits per heavy atom. The smallest absolute Gasteiger partial charge is 0.457 e. The second-order valence-electron chi connectivity index (χ2n) is 8.78. The number of amides is 2. The Morgan fingerprint density at radius 2 is 1.36 bits per heavy atom. The van der Waals surface area contributed by atoms with Gasteiger partial charge in [-0.05, 0) is 0 Å².